The molecule has 0 aliphatic carbocycles. The number of unbranched alkanes of at least 4 members (excludes halogenated alkanes) is 50. The van der Waals surface area contributed by atoms with E-state index in [0.717, 1.165) is 95.8 Å². The maximum atomic E-state index is 13.1. The third-order valence-electron chi connectivity index (χ3n) is 18.3. The van der Waals surface area contributed by atoms with Gasteiger partial charge in [0, 0.05) is 25.7 Å². The first-order valence-electron chi connectivity index (χ1n) is 40.6. The standard InChI is InChI=1S/C78H152O17P2/c1-6-9-12-15-18-21-24-27-32-37-42-47-52-57-62-76(81)89-68-74(95-78(83)64-59-54-49-44-39-34-30-29-31-35-40-45-50-55-60-71(4)5)70-93-97(86,87)91-66-72(79)65-90-96(84,85)92-69-73(67-88-75(80)61-56-51-46-41-36-26-23-20-17-14-11-8-3)94-77(82)63-58-53-48-43-38-33-28-25-22-19-16-13-10-7-2/h71-74,79H,6-70H2,1-5H3,(H,84,85)(H,86,87)/t72-,73+,74+/m0/s1. The molecule has 5 atom stereocenters. The van der Waals surface area contributed by atoms with Crippen LogP contribution >= 0.6 is 15.6 Å². The summed E-state index contributed by atoms with van der Waals surface area (Å²) in [4.78, 5) is 72.9. The van der Waals surface area contributed by atoms with Gasteiger partial charge in [0.15, 0.2) is 12.2 Å². The largest absolute Gasteiger partial charge is 0.472 e. The fourth-order valence-electron chi connectivity index (χ4n) is 12.1. The molecule has 0 aliphatic heterocycles. The molecule has 0 amide bonds. The van der Waals surface area contributed by atoms with Crippen LogP contribution in [0.4, 0.5) is 0 Å². The third-order valence-corrected chi connectivity index (χ3v) is 20.2. The first-order valence-corrected chi connectivity index (χ1v) is 43.6. The fraction of sp³-hybridized carbons (Fsp3) is 0.949. The van der Waals surface area contributed by atoms with Crippen LogP contribution in [0.25, 0.3) is 0 Å². The minimum Gasteiger partial charge on any atom is -0.462 e. The topological polar surface area (TPSA) is 237 Å². The van der Waals surface area contributed by atoms with Gasteiger partial charge in [-0.3, -0.25) is 37.3 Å². The molecule has 576 valence electrons. The van der Waals surface area contributed by atoms with E-state index in [2.05, 4.69) is 34.6 Å². The van der Waals surface area contributed by atoms with Gasteiger partial charge in [-0.1, -0.05) is 362 Å². The molecule has 0 saturated carbocycles. The van der Waals surface area contributed by atoms with E-state index in [4.69, 9.17) is 37.0 Å². The number of ether oxygens (including phenoxy) is 4. The van der Waals surface area contributed by atoms with Gasteiger partial charge in [-0.15, -0.1) is 0 Å². The third kappa shape index (κ3) is 72.2. The molecule has 17 nitrogen and oxygen atoms in total. The molecular weight excluding hydrogens is 1270 g/mol. The Morgan fingerprint density at radius 2 is 0.474 bits per heavy atom. The average Bonchev–Trinajstić information content (AvgIpc) is 1.51. The molecule has 0 heterocycles. The highest BCUT2D eigenvalue weighted by atomic mass is 31.2. The van der Waals surface area contributed by atoms with Crippen molar-refractivity contribution in [1.82, 2.24) is 0 Å². The van der Waals surface area contributed by atoms with E-state index in [9.17, 15) is 43.2 Å². The maximum absolute atomic E-state index is 13.1. The number of hydrogen-bond acceptors (Lipinski definition) is 15. The predicted molar refractivity (Wildman–Crippen MR) is 395 cm³/mol. The van der Waals surface area contributed by atoms with Crippen LogP contribution in [0.1, 0.15) is 413 Å². The number of aliphatic hydroxyl groups is 1. The summed E-state index contributed by atoms with van der Waals surface area (Å²) in [6, 6.07) is 0. The van der Waals surface area contributed by atoms with Crippen LogP contribution in [-0.2, 0) is 65.4 Å². The summed E-state index contributed by atoms with van der Waals surface area (Å²) in [7, 11) is -9.91. The number of carbonyl (C=O) groups is 4. The second-order valence-electron chi connectivity index (χ2n) is 28.6. The molecule has 0 radical (unpaired) electrons. The zero-order valence-electron chi connectivity index (χ0n) is 63.2. The highest BCUT2D eigenvalue weighted by Gasteiger charge is 2.30. The Morgan fingerprint density at radius 3 is 0.701 bits per heavy atom. The molecule has 0 saturated heterocycles. The van der Waals surface area contributed by atoms with E-state index in [1.165, 1.54) is 238 Å². The Labute approximate surface area is 594 Å². The second-order valence-corrected chi connectivity index (χ2v) is 31.5. The van der Waals surface area contributed by atoms with Crippen molar-refractivity contribution in [2.45, 2.75) is 432 Å². The van der Waals surface area contributed by atoms with E-state index in [1.54, 1.807) is 0 Å². The lowest BCUT2D eigenvalue weighted by atomic mass is 10.0. The van der Waals surface area contributed by atoms with Crippen LogP contribution in [0.5, 0.6) is 0 Å². The summed E-state index contributed by atoms with van der Waals surface area (Å²) in [5, 5.41) is 10.6. The fourth-order valence-corrected chi connectivity index (χ4v) is 13.6. The minimum absolute atomic E-state index is 0.108. The number of aliphatic hydroxyl groups excluding tert-OH is 1. The normalized spacial score (nSPS) is 13.9. The highest BCUT2D eigenvalue weighted by molar-refractivity contribution is 7.47. The second kappa shape index (κ2) is 71.1. The van der Waals surface area contributed by atoms with Crippen LogP contribution in [-0.4, -0.2) is 96.7 Å². The van der Waals surface area contributed by atoms with Crippen molar-refractivity contribution in [2.75, 3.05) is 39.6 Å². The van der Waals surface area contributed by atoms with E-state index in [1.807, 2.05) is 0 Å². The van der Waals surface area contributed by atoms with Crippen molar-refractivity contribution in [3.8, 4) is 0 Å². The predicted octanol–water partition coefficient (Wildman–Crippen LogP) is 23.3. The quantitative estimate of drug-likeness (QED) is 0.0222. The van der Waals surface area contributed by atoms with E-state index < -0.39 is 97.5 Å². The number of phosphoric acid groups is 2. The lowest BCUT2D eigenvalue weighted by Gasteiger charge is -2.21. The van der Waals surface area contributed by atoms with Crippen molar-refractivity contribution < 1.29 is 80.2 Å². The van der Waals surface area contributed by atoms with Crippen LogP contribution in [0.2, 0.25) is 0 Å². The van der Waals surface area contributed by atoms with Gasteiger partial charge < -0.3 is 33.8 Å². The molecule has 0 aromatic carbocycles. The Kier molecular flexibility index (Phi) is 69.6. The number of rotatable bonds is 78. The smallest absolute Gasteiger partial charge is 0.462 e. The van der Waals surface area contributed by atoms with Gasteiger partial charge in [-0.05, 0) is 31.6 Å². The van der Waals surface area contributed by atoms with Crippen LogP contribution in [0.3, 0.4) is 0 Å². The Bertz CT molecular complexity index is 1860. The highest BCUT2D eigenvalue weighted by Crippen LogP contribution is 2.45. The van der Waals surface area contributed by atoms with Crippen LogP contribution in [0, 0.1) is 5.92 Å². The van der Waals surface area contributed by atoms with Gasteiger partial charge in [0.25, 0.3) is 0 Å². The molecule has 0 aromatic rings. The molecule has 0 aromatic heterocycles. The molecule has 0 aliphatic rings. The van der Waals surface area contributed by atoms with Crippen molar-refractivity contribution in [3.63, 3.8) is 0 Å². The first-order chi connectivity index (χ1) is 47.0. The van der Waals surface area contributed by atoms with Crippen molar-refractivity contribution in [1.29, 1.82) is 0 Å². The Morgan fingerprint density at radius 1 is 0.278 bits per heavy atom. The zero-order valence-corrected chi connectivity index (χ0v) is 65.0. The minimum atomic E-state index is -4.96. The molecule has 0 bridgehead atoms. The van der Waals surface area contributed by atoms with Gasteiger partial charge >= 0.3 is 39.5 Å². The first kappa shape index (κ1) is 95.1. The van der Waals surface area contributed by atoms with Crippen LogP contribution in [0.15, 0.2) is 0 Å². The van der Waals surface area contributed by atoms with E-state index >= 15 is 0 Å². The summed E-state index contributed by atoms with van der Waals surface area (Å²) in [5.41, 5.74) is 0. The molecule has 2 unspecified atom stereocenters. The molecular formula is C78H152O17P2. The number of phosphoric ester groups is 2. The summed E-state index contributed by atoms with van der Waals surface area (Å²) < 4.78 is 68.6. The maximum Gasteiger partial charge on any atom is 0.472 e. The van der Waals surface area contributed by atoms with Gasteiger partial charge in [0.1, 0.15) is 19.3 Å². The Hall–Kier alpha value is -1.94. The lowest BCUT2D eigenvalue weighted by molar-refractivity contribution is -0.161. The molecule has 97 heavy (non-hydrogen) atoms. The summed E-state index contributed by atoms with van der Waals surface area (Å²) in [6.07, 6.45) is 60.8. The molecule has 3 N–H and O–H groups in total. The van der Waals surface area contributed by atoms with E-state index in [-0.39, 0.29) is 25.7 Å². The monoisotopic (exact) mass is 1420 g/mol. The van der Waals surface area contributed by atoms with Crippen LogP contribution < -0.4 is 0 Å². The summed E-state index contributed by atoms with van der Waals surface area (Å²) in [5.74, 6) is -1.31. The SMILES string of the molecule is CCCCCCCCCCCCCCCCC(=O)OC[C@H](COP(=O)(O)OC[C@@H](O)COP(=O)(O)OC[C@@H](COC(=O)CCCCCCCCCCCCCC)OC(=O)CCCCCCCCCCCCCCCC)OC(=O)CCCCCCCCCCCCCCCCC(C)C. The lowest BCUT2D eigenvalue weighted by Crippen LogP contribution is -2.30. The zero-order chi connectivity index (χ0) is 71.2. The average molecular weight is 1420 g/mol. The summed E-state index contributed by atoms with van der Waals surface area (Å²) in [6.45, 7) is 7.34. The number of hydrogen-bond donors (Lipinski definition) is 3. The van der Waals surface area contributed by atoms with Crippen molar-refractivity contribution >= 4 is 39.5 Å². The molecule has 0 rings (SSSR count). The van der Waals surface area contributed by atoms with Crippen molar-refractivity contribution in [3.05, 3.63) is 0 Å². The Balaban J connectivity index is 5.26. The van der Waals surface area contributed by atoms with E-state index in [0.29, 0.717) is 25.7 Å². The van der Waals surface area contributed by atoms with Gasteiger partial charge in [0.2, 0.25) is 0 Å². The van der Waals surface area contributed by atoms with Crippen molar-refractivity contribution in [2.24, 2.45) is 5.92 Å². The summed E-state index contributed by atoms with van der Waals surface area (Å²) >= 11 is 0. The number of esters is 4. The van der Waals surface area contributed by atoms with Gasteiger partial charge in [-0.25, -0.2) is 9.13 Å². The molecule has 0 fully saturated rings. The number of carbonyl (C=O) groups excluding carboxylic acids is 4. The van der Waals surface area contributed by atoms with Gasteiger partial charge in [-0.2, -0.15) is 0 Å². The molecule has 0 spiro atoms. The molecule has 19 heteroatoms. The van der Waals surface area contributed by atoms with Gasteiger partial charge in [0.05, 0.1) is 26.4 Å².